The van der Waals surface area contributed by atoms with Crippen molar-refractivity contribution in [3.63, 3.8) is 0 Å². The number of methoxy groups -OCH3 is 1. The maximum atomic E-state index is 12.7. The van der Waals surface area contributed by atoms with E-state index in [0.717, 1.165) is 16.9 Å². The first kappa shape index (κ1) is 26.5. The molecule has 0 heterocycles. The van der Waals surface area contributed by atoms with Gasteiger partial charge in [-0.15, -0.1) is 0 Å². The van der Waals surface area contributed by atoms with Gasteiger partial charge in [-0.25, -0.2) is 5.43 Å². The summed E-state index contributed by atoms with van der Waals surface area (Å²) >= 11 is 12.0. The van der Waals surface area contributed by atoms with Crippen LogP contribution in [0.15, 0.2) is 41.5 Å². The molecule has 2 aromatic rings. The van der Waals surface area contributed by atoms with Gasteiger partial charge in [0.2, 0.25) is 0 Å². The van der Waals surface area contributed by atoms with E-state index in [1.807, 2.05) is 39.0 Å². The molecule has 9 heteroatoms. The Balaban J connectivity index is 2.02. The summed E-state index contributed by atoms with van der Waals surface area (Å²) in [5, 5.41) is 7.54. The molecule has 0 aromatic heterocycles. The predicted molar refractivity (Wildman–Crippen MR) is 131 cm³/mol. The van der Waals surface area contributed by atoms with E-state index in [1.165, 1.54) is 6.07 Å². The summed E-state index contributed by atoms with van der Waals surface area (Å²) in [5.74, 6) is 0.362. The monoisotopic (exact) mass is 493 g/mol. The highest BCUT2D eigenvalue weighted by atomic mass is 35.5. The Morgan fingerprint density at radius 1 is 1.09 bits per heavy atom. The van der Waals surface area contributed by atoms with Crippen LogP contribution in [-0.4, -0.2) is 37.3 Å². The van der Waals surface area contributed by atoms with Crippen molar-refractivity contribution in [2.75, 3.05) is 7.11 Å². The molecule has 0 aliphatic carbocycles. The molecule has 0 bridgehead atoms. The fourth-order valence-electron chi connectivity index (χ4n) is 2.97. The lowest BCUT2D eigenvalue weighted by atomic mass is 10.0. The maximum absolute atomic E-state index is 12.7. The number of benzene rings is 2. The minimum atomic E-state index is -0.878. The minimum Gasteiger partial charge on any atom is -0.497 e. The van der Waals surface area contributed by atoms with E-state index in [1.54, 1.807) is 32.4 Å². The molecule has 0 saturated carbocycles. The lowest BCUT2D eigenvalue weighted by Crippen LogP contribution is -2.49. The van der Waals surface area contributed by atoms with Crippen LogP contribution in [0.4, 0.5) is 0 Å². The van der Waals surface area contributed by atoms with Gasteiger partial charge < -0.3 is 14.8 Å². The van der Waals surface area contributed by atoms with Crippen LogP contribution in [0.3, 0.4) is 0 Å². The quantitative estimate of drug-likeness (QED) is 0.368. The van der Waals surface area contributed by atoms with Gasteiger partial charge in [0.25, 0.3) is 11.8 Å². The summed E-state index contributed by atoms with van der Waals surface area (Å²) in [7, 11) is 1.60. The third-order valence-electron chi connectivity index (χ3n) is 4.76. The smallest absolute Gasteiger partial charge is 0.262 e. The number of nitrogens with zero attached hydrogens (tertiary/aromatic N) is 1. The molecule has 33 heavy (non-hydrogen) atoms. The molecule has 0 fully saturated rings. The fourth-order valence-corrected chi connectivity index (χ4v) is 3.42. The van der Waals surface area contributed by atoms with Crippen LogP contribution < -0.4 is 20.2 Å². The van der Waals surface area contributed by atoms with E-state index in [9.17, 15) is 9.59 Å². The van der Waals surface area contributed by atoms with E-state index in [0.29, 0.717) is 22.2 Å². The van der Waals surface area contributed by atoms with Crippen LogP contribution in [0, 0.1) is 12.8 Å². The summed E-state index contributed by atoms with van der Waals surface area (Å²) in [4.78, 5) is 25.4. The van der Waals surface area contributed by atoms with Gasteiger partial charge in [-0.2, -0.15) is 5.10 Å². The zero-order valence-electron chi connectivity index (χ0n) is 19.3. The molecule has 7 nitrogen and oxygen atoms in total. The van der Waals surface area contributed by atoms with Gasteiger partial charge in [0.15, 0.2) is 6.10 Å². The molecule has 2 N–H and O–H groups in total. The van der Waals surface area contributed by atoms with Crippen molar-refractivity contribution in [2.45, 2.75) is 46.3 Å². The molecule has 2 aromatic carbocycles. The molecule has 0 radical (unpaired) electrons. The number of ether oxygens (including phenoxy) is 2. The Kier molecular flexibility index (Phi) is 10.0. The number of hydrogen-bond donors (Lipinski definition) is 2. The summed E-state index contributed by atoms with van der Waals surface area (Å²) in [5.41, 5.74) is 4.30. The zero-order valence-corrected chi connectivity index (χ0v) is 20.8. The molecule has 2 amide bonds. The highest BCUT2D eigenvalue weighted by molar-refractivity contribution is 6.35. The second-order valence-corrected chi connectivity index (χ2v) is 8.83. The van der Waals surface area contributed by atoms with Crippen LogP contribution in [0.1, 0.15) is 38.3 Å². The maximum Gasteiger partial charge on any atom is 0.262 e. The van der Waals surface area contributed by atoms with E-state index in [2.05, 4.69) is 15.8 Å². The van der Waals surface area contributed by atoms with Gasteiger partial charge >= 0.3 is 0 Å². The van der Waals surface area contributed by atoms with Crippen molar-refractivity contribution in [1.82, 2.24) is 10.7 Å². The molecule has 0 saturated heterocycles. The number of hydrazone groups is 1. The van der Waals surface area contributed by atoms with Crippen molar-refractivity contribution < 1.29 is 19.1 Å². The number of rotatable bonds is 10. The van der Waals surface area contributed by atoms with Crippen molar-refractivity contribution in [2.24, 2.45) is 11.0 Å². The second-order valence-electron chi connectivity index (χ2n) is 7.98. The number of halogens is 2. The van der Waals surface area contributed by atoms with Crippen LogP contribution in [0.5, 0.6) is 11.5 Å². The van der Waals surface area contributed by atoms with Crippen LogP contribution in [-0.2, 0) is 9.59 Å². The molecular formula is C24H29Cl2N3O4. The third-order valence-corrected chi connectivity index (χ3v) is 5.29. The van der Waals surface area contributed by atoms with Gasteiger partial charge in [0.1, 0.15) is 17.5 Å². The summed E-state index contributed by atoms with van der Waals surface area (Å²) in [6.07, 6.45) is 1.11. The first-order chi connectivity index (χ1) is 15.6. The fraction of sp³-hybridized carbons (Fsp3) is 0.375. The van der Waals surface area contributed by atoms with E-state index in [4.69, 9.17) is 32.7 Å². The first-order valence-corrected chi connectivity index (χ1v) is 11.3. The van der Waals surface area contributed by atoms with Crippen molar-refractivity contribution in [3.05, 3.63) is 57.6 Å². The van der Waals surface area contributed by atoms with Gasteiger partial charge in [-0.05, 0) is 73.7 Å². The number of nitrogens with one attached hydrogen (secondary N) is 2. The predicted octanol–water partition coefficient (Wildman–Crippen LogP) is 4.76. The number of amides is 2. The van der Waals surface area contributed by atoms with Crippen molar-refractivity contribution in [1.29, 1.82) is 0 Å². The first-order valence-electron chi connectivity index (χ1n) is 10.5. The highest BCUT2D eigenvalue weighted by Crippen LogP contribution is 2.28. The Hall–Kier alpha value is -2.77. The molecule has 0 unspecified atom stereocenters. The van der Waals surface area contributed by atoms with Gasteiger partial charge in [0.05, 0.1) is 18.3 Å². The summed E-state index contributed by atoms with van der Waals surface area (Å²) < 4.78 is 10.8. The summed E-state index contributed by atoms with van der Waals surface area (Å²) in [6.45, 7) is 7.42. The number of carbonyl (C=O) groups is 2. The second kappa shape index (κ2) is 12.5. The Morgan fingerprint density at radius 3 is 2.42 bits per heavy atom. The number of aryl methyl sites for hydroxylation is 1. The highest BCUT2D eigenvalue weighted by Gasteiger charge is 2.25. The third kappa shape index (κ3) is 8.26. The Labute approximate surface area is 204 Å². The van der Waals surface area contributed by atoms with E-state index >= 15 is 0 Å². The molecule has 0 spiro atoms. The molecular weight excluding hydrogens is 465 g/mol. The average Bonchev–Trinajstić information content (AvgIpc) is 2.75. The lowest BCUT2D eigenvalue weighted by molar-refractivity contribution is -0.132. The molecule has 0 aliphatic rings. The Morgan fingerprint density at radius 2 is 1.82 bits per heavy atom. The van der Waals surface area contributed by atoms with E-state index in [-0.39, 0.29) is 5.92 Å². The SMILES string of the molecule is COc1ccc(/C=N\NC(=O)[C@@H](CC(C)C)NC(=O)[C@@H](C)Oc2ccc(Cl)cc2Cl)c(C)c1. The van der Waals surface area contributed by atoms with E-state index < -0.39 is 24.0 Å². The normalized spacial score (nSPS) is 13.0. The zero-order chi connectivity index (χ0) is 24.5. The van der Waals surface area contributed by atoms with Crippen molar-refractivity contribution in [3.8, 4) is 11.5 Å². The van der Waals surface area contributed by atoms with Gasteiger partial charge in [-0.1, -0.05) is 37.0 Å². The Bertz CT molecular complexity index is 1010. The summed E-state index contributed by atoms with van der Waals surface area (Å²) in [6, 6.07) is 9.48. The largest absolute Gasteiger partial charge is 0.497 e. The standard InChI is InChI=1S/C24H29Cl2N3O4/c1-14(2)10-21(24(31)29-27-13-17-6-8-19(32-5)11-15(17)3)28-23(30)16(4)33-22-9-7-18(25)12-20(22)26/h6-9,11-14,16,21H,10H2,1-5H3,(H,28,30)(H,29,31)/b27-13-/t16-,21-/m1/s1. The average molecular weight is 494 g/mol. The number of carbonyl (C=O) groups excluding carboxylic acids is 2. The molecule has 0 aliphatic heterocycles. The minimum absolute atomic E-state index is 0.163. The molecule has 2 rings (SSSR count). The van der Waals surface area contributed by atoms with Gasteiger partial charge in [0, 0.05) is 5.02 Å². The van der Waals surface area contributed by atoms with Gasteiger partial charge in [-0.3, -0.25) is 9.59 Å². The lowest BCUT2D eigenvalue weighted by Gasteiger charge is -2.22. The topological polar surface area (TPSA) is 89.0 Å². The van der Waals surface area contributed by atoms with Crippen molar-refractivity contribution >= 4 is 41.2 Å². The molecule has 2 atom stereocenters. The number of hydrogen-bond acceptors (Lipinski definition) is 5. The van der Waals surface area contributed by atoms with Crippen LogP contribution in [0.2, 0.25) is 10.0 Å². The van der Waals surface area contributed by atoms with Crippen LogP contribution >= 0.6 is 23.2 Å². The van der Waals surface area contributed by atoms with Crippen LogP contribution in [0.25, 0.3) is 0 Å². The molecule has 178 valence electrons.